The summed E-state index contributed by atoms with van der Waals surface area (Å²) in [6.07, 6.45) is 17.5. The average Bonchev–Trinajstić information content (AvgIpc) is 2.89. The smallest absolute Gasteiger partial charge is 0.303 e. The fourth-order valence-corrected chi connectivity index (χ4v) is 3.15. The first kappa shape index (κ1) is 23.1. The number of aliphatic carboxylic acids is 1. The molecule has 1 aliphatic carbocycles. The zero-order chi connectivity index (χ0) is 20.1. The van der Waals surface area contributed by atoms with Crippen molar-refractivity contribution in [2.45, 2.75) is 64.1 Å². The van der Waals surface area contributed by atoms with E-state index in [-0.39, 0.29) is 31.0 Å². The van der Waals surface area contributed by atoms with Crippen molar-refractivity contribution in [2.24, 2.45) is 11.8 Å². The molecule has 0 aromatic rings. The SMILES string of the molecule is CC/C=C\C/C=C/C/C=C\C[C@@H](O)/C=C/[C@H]1C(=O)C[C@@H](O)[C@@H]1CCC(=O)O. The Balaban J connectivity index is 2.40. The van der Waals surface area contributed by atoms with Crippen molar-refractivity contribution in [3.05, 3.63) is 48.6 Å². The van der Waals surface area contributed by atoms with Crippen LogP contribution < -0.4 is 0 Å². The van der Waals surface area contributed by atoms with Crippen molar-refractivity contribution in [3.8, 4) is 0 Å². The number of aliphatic hydroxyl groups excluding tert-OH is 2. The van der Waals surface area contributed by atoms with Crippen LogP contribution in [-0.4, -0.2) is 39.3 Å². The van der Waals surface area contributed by atoms with Crippen molar-refractivity contribution in [3.63, 3.8) is 0 Å². The summed E-state index contributed by atoms with van der Waals surface area (Å²) in [7, 11) is 0. The highest BCUT2D eigenvalue weighted by atomic mass is 16.4. The topological polar surface area (TPSA) is 94.8 Å². The number of hydrogen-bond acceptors (Lipinski definition) is 4. The molecule has 1 rings (SSSR count). The predicted molar refractivity (Wildman–Crippen MR) is 106 cm³/mol. The van der Waals surface area contributed by atoms with E-state index in [1.54, 1.807) is 12.2 Å². The number of carbonyl (C=O) groups is 2. The van der Waals surface area contributed by atoms with Gasteiger partial charge in [0.05, 0.1) is 12.2 Å². The van der Waals surface area contributed by atoms with Crippen molar-refractivity contribution < 1.29 is 24.9 Å². The minimum Gasteiger partial charge on any atom is -0.481 e. The molecule has 4 atom stereocenters. The number of hydrogen-bond donors (Lipinski definition) is 3. The molecular weight excluding hydrogens is 344 g/mol. The molecule has 0 aromatic heterocycles. The van der Waals surface area contributed by atoms with Gasteiger partial charge < -0.3 is 15.3 Å². The standard InChI is InChI=1S/C22H32O5/c1-2-3-4-5-6-7-8-9-10-11-17(23)12-13-18-19(14-15-22(26)27)21(25)16-20(18)24/h3-4,6-7,9-10,12-13,17-19,21,23,25H,2,5,8,11,14-16H2,1H3,(H,26,27)/b4-3-,7-6+,10-9-,13-12+/t17-,18-,19-,21-/m1/s1. The maximum atomic E-state index is 12.0. The van der Waals surface area contributed by atoms with E-state index in [2.05, 4.69) is 31.2 Å². The van der Waals surface area contributed by atoms with E-state index in [4.69, 9.17) is 5.11 Å². The molecular formula is C22H32O5. The van der Waals surface area contributed by atoms with Gasteiger partial charge in [-0.3, -0.25) is 9.59 Å². The summed E-state index contributed by atoms with van der Waals surface area (Å²) in [6.45, 7) is 2.10. The van der Waals surface area contributed by atoms with Gasteiger partial charge in [0.1, 0.15) is 5.78 Å². The Morgan fingerprint density at radius 1 is 1.15 bits per heavy atom. The number of aliphatic hydroxyl groups is 2. The monoisotopic (exact) mass is 376 g/mol. The third kappa shape index (κ3) is 9.50. The summed E-state index contributed by atoms with van der Waals surface area (Å²) in [5.74, 6) is -1.94. The van der Waals surface area contributed by atoms with Gasteiger partial charge in [-0.25, -0.2) is 0 Å². The second kappa shape index (κ2) is 13.2. The van der Waals surface area contributed by atoms with Crippen LogP contribution in [-0.2, 0) is 9.59 Å². The molecule has 0 amide bonds. The van der Waals surface area contributed by atoms with E-state index >= 15 is 0 Å². The van der Waals surface area contributed by atoms with E-state index in [0.717, 1.165) is 19.3 Å². The van der Waals surface area contributed by atoms with Crippen LogP contribution in [0.1, 0.15) is 51.9 Å². The normalized spacial score (nSPS) is 24.9. The Kier molecular flexibility index (Phi) is 11.3. The Labute approximate surface area is 161 Å². The zero-order valence-corrected chi connectivity index (χ0v) is 16.0. The van der Waals surface area contributed by atoms with Crippen LogP contribution in [0.25, 0.3) is 0 Å². The number of Topliss-reactive ketones (excluding diaryl/α,β-unsaturated/α-hetero) is 1. The van der Waals surface area contributed by atoms with Gasteiger partial charge in [0.15, 0.2) is 0 Å². The van der Waals surface area contributed by atoms with Crippen LogP contribution in [0.4, 0.5) is 0 Å². The van der Waals surface area contributed by atoms with Gasteiger partial charge in [-0.1, -0.05) is 55.5 Å². The van der Waals surface area contributed by atoms with Gasteiger partial charge in [0, 0.05) is 18.8 Å². The third-order valence-corrected chi connectivity index (χ3v) is 4.63. The lowest BCUT2D eigenvalue weighted by Crippen LogP contribution is -2.20. The number of carbonyl (C=O) groups excluding carboxylic acids is 1. The van der Waals surface area contributed by atoms with Crippen LogP contribution in [0.3, 0.4) is 0 Å². The van der Waals surface area contributed by atoms with Crippen LogP contribution in [0.5, 0.6) is 0 Å². The number of allylic oxidation sites excluding steroid dienone is 6. The van der Waals surface area contributed by atoms with Gasteiger partial charge in [0.2, 0.25) is 0 Å². The summed E-state index contributed by atoms with van der Waals surface area (Å²) < 4.78 is 0. The largest absolute Gasteiger partial charge is 0.481 e. The molecule has 5 nitrogen and oxygen atoms in total. The highest BCUT2D eigenvalue weighted by Crippen LogP contribution is 2.34. The molecule has 0 aliphatic heterocycles. The minimum atomic E-state index is -0.940. The Morgan fingerprint density at radius 2 is 1.78 bits per heavy atom. The summed E-state index contributed by atoms with van der Waals surface area (Å²) in [5.41, 5.74) is 0. The fraction of sp³-hybridized carbons (Fsp3) is 0.545. The molecule has 1 saturated carbocycles. The van der Waals surface area contributed by atoms with Crippen molar-refractivity contribution in [1.82, 2.24) is 0 Å². The summed E-state index contributed by atoms with van der Waals surface area (Å²) in [5, 5.41) is 28.8. The first-order chi connectivity index (χ1) is 13.0. The Hall–Kier alpha value is -1.98. The Morgan fingerprint density at radius 3 is 2.41 bits per heavy atom. The van der Waals surface area contributed by atoms with E-state index < -0.39 is 24.1 Å². The zero-order valence-electron chi connectivity index (χ0n) is 16.0. The lowest BCUT2D eigenvalue weighted by Gasteiger charge is -2.17. The van der Waals surface area contributed by atoms with E-state index in [0.29, 0.717) is 6.42 Å². The molecule has 1 fully saturated rings. The van der Waals surface area contributed by atoms with Gasteiger partial charge in [-0.15, -0.1) is 0 Å². The number of carboxylic acid groups (broad SMARTS) is 1. The Bertz CT molecular complexity index is 573. The van der Waals surface area contributed by atoms with Crippen LogP contribution in [0.15, 0.2) is 48.6 Å². The molecule has 0 spiro atoms. The molecule has 150 valence electrons. The van der Waals surface area contributed by atoms with Gasteiger partial charge in [-0.05, 0) is 38.0 Å². The van der Waals surface area contributed by atoms with Crippen LogP contribution in [0.2, 0.25) is 0 Å². The molecule has 3 N–H and O–H groups in total. The van der Waals surface area contributed by atoms with Crippen molar-refractivity contribution in [2.75, 3.05) is 0 Å². The highest BCUT2D eigenvalue weighted by molar-refractivity contribution is 5.86. The van der Waals surface area contributed by atoms with E-state index in [1.807, 2.05) is 12.2 Å². The molecule has 5 heteroatoms. The number of rotatable bonds is 12. The number of carboxylic acids is 1. The summed E-state index contributed by atoms with van der Waals surface area (Å²) in [4.78, 5) is 22.7. The molecule has 0 aromatic carbocycles. The molecule has 0 bridgehead atoms. The molecule has 27 heavy (non-hydrogen) atoms. The molecule has 1 aliphatic rings. The summed E-state index contributed by atoms with van der Waals surface area (Å²) in [6, 6.07) is 0. The first-order valence-electron chi connectivity index (χ1n) is 9.69. The van der Waals surface area contributed by atoms with Crippen molar-refractivity contribution >= 4 is 11.8 Å². The lowest BCUT2D eigenvalue weighted by molar-refractivity contribution is -0.137. The second-order valence-corrected chi connectivity index (χ2v) is 6.84. The fourth-order valence-electron chi connectivity index (χ4n) is 3.15. The van der Waals surface area contributed by atoms with Crippen LogP contribution >= 0.6 is 0 Å². The predicted octanol–water partition coefficient (Wildman–Crippen LogP) is 3.58. The summed E-state index contributed by atoms with van der Waals surface area (Å²) >= 11 is 0. The van der Waals surface area contributed by atoms with Crippen LogP contribution in [0, 0.1) is 11.8 Å². The van der Waals surface area contributed by atoms with Gasteiger partial charge >= 0.3 is 5.97 Å². The molecule has 0 unspecified atom stereocenters. The molecule has 0 radical (unpaired) electrons. The van der Waals surface area contributed by atoms with Gasteiger partial charge in [-0.2, -0.15) is 0 Å². The van der Waals surface area contributed by atoms with E-state index in [9.17, 15) is 19.8 Å². The maximum Gasteiger partial charge on any atom is 0.303 e. The highest BCUT2D eigenvalue weighted by Gasteiger charge is 2.39. The van der Waals surface area contributed by atoms with E-state index in [1.165, 1.54) is 0 Å². The van der Waals surface area contributed by atoms with Crippen molar-refractivity contribution in [1.29, 1.82) is 0 Å². The van der Waals surface area contributed by atoms with Gasteiger partial charge in [0.25, 0.3) is 0 Å². The number of ketones is 1. The minimum absolute atomic E-state index is 0.0507. The lowest BCUT2D eigenvalue weighted by atomic mass is 9.89. The average molecular weight is 376 g/mol. The quantitative estimate of drug-likeness (QED) is 0.453. The third-order valence-electron chi connectivity index (χ3n) is 4.63. The molecule has 0 saturated heterocycles. The molecule has 0 heterocycles. The maximum absolute atomic E-state index is 12.0. The second-order valence-electron chi connectivity index (χ2n) is 6.84. The first-order valence-corrected chi connectivity index (χ1v) is 9.69.